The van der Waals surface area contributed by atoms with E-state index in [4.69, 9.17) is 10.5 Å². The molecule has 0 spiro atoms. The Hall–Kier alpha value is -2.11. The summed E-state index contributed by atoms with van der Waals surface area (Å²) in [4.78, 5) is 13.7. The van der Waals surface area contributed by atoms with Gasteiger partial charge in [0.15, 0.2) is 0 Å². The molecule has 10 heteroatoms. The number of ether oxygens (including phenoxy) is 1. The van der Waals surface area contributed by atoms with Crippen molar-refractivity contribution in [2.45, 2.75) is 48.8 Å². The summed E-state index contributed by atoms with van der Waals surface area (Å²) in [6.45, 7) is 1.72. The van der Waals surface area contributed by atoms with Crippen LogP contribution in [-0.4, -0.2) is 94.1 Å². The van der Waals surface area contributed by atoms with E-state index in [-0.39, 0.29) is 0 Å². The van der Waals surface area contributed by atoms with Gasteiger partial charge in [-0.3, -0.25) is 0 Å². The van der Waals surface area contributed by atoms with Crippen molar-refractivity contribution in [3.8, 4) is 5.75 Å². The molecule has 1 saturated carbocycles. The molecule has 0 bridgehead atoms. The molecule has 0 radical (unpaired) electrons. The van der Waals surface area contributed by atoms with Crippen LogP contribution in [0.5, 0.6) is 5.75 Å². The first-order valence-corrected chi connectivity index (χ1v) is 9.28. The number of hydrogen-bond donors (Lipinski definition) is 7. The van der Waals surface area contributed by atoms with Crippen molar-refractivity contribution in [1.82, 2.24) is 10.2 Å². The highest BCUT2D eigenvalue weighted by Gasteiger charge is 2.75. The van der Waals surface area contributed by atoms with E-state index in [1.54, 1.807) is 24.3 Å². The zero-order chi connectivity index (χ0) is 22.2. The number of nitrogens with zero attached hydrogens (tertiary/aromatic N) is 1. The van der Waals surface area contributed by atoms with Crippen molar-refractivity contribution in [2.75, 3.05) is 33.1 Å². The maximum absolute atomic E-state index is 12.4. The second kappa shape index (κ2) is 7.96. The SMILES string of the molecule is COc1cccc(N[C@H]2[C@H](N)[C@@](NC(=O)N(C)C)([C@H](C)O)[C@@](C)(O)[C@@]2(O)CO)c1. The highest BCUT2D eigenvalue weighted by molar-refractivity contribution is 5.75. The minimum Gasteiger partial charge on any atom is -0.497 e. The van der Waals surface area contributed by atoms with Crippen LogP contribution in [0.3, 0.4) is 0 Å². The molecule has 29 heavy (non-hydrogen) atoms. The van der Waals surface area contributed by atoms with Crippen LogP contribution in [0.2, 0.25) is 0 Å². The number of anilines is 1. The standard InChI is InChI=1S/C19H32N4O6/c1-11(25)19(22-16(26)23(3)4)14(20)15(18(28,10-24)17(19,2)27)21-12-7-6-8-13(9-12)29-5/h6-9,11,14-15,21,24-25,27-28H,10,20H2,1-5H3,(H,22,26)/t11-,14-,15-,17-,18+,19-/m0/s1. The number of rotatable bonds is 6. The Balaban J connectivity index is 2.58. The number of carbonyl (C=O) groups is 1. The number of benzene rings is 1. The first-order chi connectivity index (χ1) is 13.4. The Kier molecular flexibility index (Phi) is 6.36. The van der Waals surface area contributed by atoms with Crippen LogP contribution in [0.1, 0.15) is 13.8 Å². The Morgan fingerprint density at radius 1 is 1.38 bits per heavy atom. The van der Waals surface area contributed by atoms with Crippen LogP contribution in [0.25, 0.3) is 0 Å². The number of aliphatic hydroxyl groups is 4. The number of carbonyl (C=O) groups excluding carboxylic acids is 1. The minimum atomic E-state index is -2.20. The van der Waals surface area contributed by atoms with Gasteiger partial charge in [0.25, 0.3) is 0 Å². The lowest BCUT2D eigenvalue weighted by Gasteiger charge is -2.48. The average Bonchev–Trinajstić information content (AvgIpc) is 2.79. The highest BCUT2D eigenvalue weighted by atomic mass is 16.5. The Bertz CT molecular complexity index is 743. The molecule has 164 valence electrons. The molecule has 1 aromatic carbocycles. The fourth-order valence-corrected chi connectivity index (χ4v) is 4.18. The molecule has 0 aromatic heterocycles. The van der Waals surface area contributed by atoms with Gasteiger partial charge >= 0.3 is 6.03 Å². The van der Waals surface area contributed by atoms with Gasteiger partial charge in [-0.25, -0.2) is 4.79 Å². The van der Waals surface area contributed by atoms with E-state index < -0.39 is 47.6 Å². The number of hydrogen-bond acceptors (Lipinski definition) is 8. The first-order valence-electron chi connectivity index (χ1n) is 9.28. The van der Waals surface area contributed by atoms with Gasteiger partial charge in [-0.2, -0.15) is 0 Å². The van der Waals surface area contributed by atoms with Crippen LogP contribution in [0, 0.1) is 0 Å². The van der Waals surface area contributed by atoms with Gasteiger partial charge in [0, 0.05) is 25.8 Å². The predicted molar refractivity (Wildman–Crippen MR) is 108 cm³/mol. The van der Waals surface area contributed by atoms with Crippen LogP contribution in [0.4, 0.5) is 10.5 Å². The van der Waals surface area contributed by atoms with Crippen molar-refractivity contribution in [1.29, 1.82) is 0 Å². The van der Waals surface area contributed by atoms with E-state index in [1.807, 2.05) is 0 Å². The molecule has 0 aliphatic heterocycles. The third-order valence-electron chi connectivity index (χ3n) is 6.06. The second-order valence-electron chi connectivity index (χ2n) is 7.90. The molecule has 1 fully saturated rings. The van der Waals surface area contributed by atoms with Gasteiger partial charge in [-0.05, 0) is 26.0 Å². The summed E-state index contributed by atoms with van der Waals surface area (Å²) < 4.78 is 5.19. The largest absolute Gasteiger partial charge is 0.497 e. The lowest BCUT2D eigenvalue weighted by atomic mass is 9.73. The van der Waals surface area contributed by atoms with Crippen LogP contribution >= 0.6 is 0 Å². The molecule has 0 unspecified atom stereocenters. The lowest BCUT2D eigenvalue weighted by molar-refractivity contribution is -0.185. The van der Waals surface area contributed by atoms with Crippen molar-refractivity contribution in [2.24, 2.45) is 5.73 Å². The summed E-state index contributed by atoms with van der Waals surface area (Å²) in [5, 5.41) is 49.0. The number of nitrogens with two attached hydrogens (primary N) is 1. The summed E-state index contributed by atoms with van der Waals surface area (Å²) in [7, 11) is 4.49. The molecule has 1 aliphatic carbocycles. The topological polar surface area (TPSA) is 161 Å². The fraction of sp³-hybridized carbons (Fsp3) is 0.632. The first kappa shape index (κ1) is 23.2. The monoisotopic (exact) mass is 412 g/mol. The predicted octanol–water partition coefficient (Wildman–Crippen LogP) is -1.32. The van der Waals surface area contributed by atoms with Gasteiger partial charge in [0.1, 0.15) is 22.5 Å². The van der Waals surface area contributed by atoms with Gasteiger partial charge in [0.05, 0.1) is 31.9 Å². The van der Waals surface area contributed by atoms with E-state index >= 15 is 0 Å². The lowest BCUT2D eigenvalue weighted by Crippen LogP contribution is -2.76. The smallest absolute Gasteiger partial charge is 0.317 e. The summed E-state index contributed by atoms with van der Waals surface area (Å²) in [5.74, 6) is 0.545. The van der Waals surface area contributed by atoms with Crippen LogP contribution in [-0.2, 0) is 0 Å². The zero-order valence-corrected chi connectivity index (χ0v) is 17.4. The molecule has 0 saturated heterocycles. The maximum Gasteiger partial charge on any atom is 0.317 e. The zero-order valence-electron chi connectivity index (χ0n) is 17.4. The van der Waals surface area contributed by atoms with Gasteiger partial charge in [0.2, 0.25) is 0 Å². The molecule has 1 aliphatic rings. The van der Waals surface area contributed by atoms with Crippen molar-refractivity contribution in [3.05, 3.63) is 24.3 Å². The molecule has 1 aromatic rings. The number of amides is 2. The average molecular weight is 412 g/mol. The number of urea groups is 1. The van der Waals surface area contributed by atoms with Crippen molar-refractivity contribution in [3.63, 3.8) is 0 Å². The van der Waals surface area contributed by atoms with E-state index in [9.17, 15) is 25.2 Å². The highest BCUT2D eigenvalue weighted by Crippen LogP contribution is 2.48. The quantitative estimate of drug-likeness (QED) is 0.303. The maximum atomic E-state index is 12.4. The van der Waals surface area contributed by atoms with Crippen molar-refractivity contribution >= 4 is 11.7 Å². The second-order valence-corrected chi connectivity index (χ2v) is 7.90. The fourth-order valence-electron chi connectivity index (χ4n) is 4.18. The summed E-state index contributed by atoms with van der Waals surface area (Å²) in [6.07, 6.45) is -1.37. The molecule has 8 N–H and O–H groups in total. The molecular weight excluding hydrogens is 380 g/mol. The third kappa shape index (κ3) is 3.40. The van der Waals surface area contributed by atoms with Crippen molar-refractivity contribution < 1.29 is 30.0 Å². The van der Waals surface area contributed by atoms with Crippen LogP contribution in [0.15, 0.2) is 24.3 Å². The number of methoxy groups -OCH3 is 1. The van der Waals surface area contributed by atoms with E-state index in [2.05, 4.69) is 10.6 Å². The van der Waals surface area contributed by atoms with Gasteiger partial charge in [-0.1, -0.05) is 6.07 Å². The molecule has 10 nitrogen and oxygen atoms in total. The Morgan fingerprint density at radius 2 is 2.00 bits per heavy atom. The summed E-state index contributed by atoms with van der Waals surface area (Å²) >= 11 is 0. The minimum absolute atomic E-state index is 0.507. The summed E-state index contributed by atoms with van der Waals surface area (Å²) in [6, 6.07) is 3.85. The normalized spacial score (nSPS) is 35.1. The molecular formula is C19H32N4O6. The number of aliphatic hydroxyl groups excluding tert-OH is 2. The molecule has 2 rings (SSSR count). The molecule has 6 atom stereocenters. The molecule has 0 heterocycles. The van der Waals surface area contributed by atoms with Gasteiger partial charge in [-0.15, -0.1) is 0 Å². The number of nitrogens with one attached hydrogen (secondary N) is 2. The van der Waals surface area contributed by atoms with Crippen LogP contribution < -0.4 is 21.1 Å². The third-order valence-corrected chi connectivity index (χ3v) is 6.06. The summed E-state index contributed by atoms with van der Waals surface area (Å²) in [5.41, 5.74) is 0.663. The molecule has 2 amide bonds. The van der Waals surface area contributed by atoms with E-state index in [1.165, 1.54) is 40.0 Å². The Labute approximate surface area is 170 Å². The van der Waals surface area contributed by atoms with E-state index in [0.29, 0.717) is 11.4 Å². The Morgan fingerprint density at radius 3 is 2.48 bits per heavy atom. The van der Waals surface area contributed by atoms with E-state index in [0.717, 1.165) is 0 Å². The van der Waals surface area contributed by atoms with Gasteiger partial charge < -0.3 is 46.4 Å².